The highest BCUT2D eigenvalue weighted by Crippen LogP contribution is 2.12. The van der Waals surface area contributed by atoms with Gasteiger partial charge in [0.05, 0.1) is 18.8 Å². The van der Waals surface area contributed by atoms with Crippen LogP contribution in [0.2, 0.25) is 0 Å². The smallest absolute Gasteiger partial charge is 0.220 e. The first-order valence-electron chi connectivity index (χ1n) is 17.1. The molecule has 2 atom stereocenters. The molecule has 2 unspecified atom stereocenters. The topological polar surface area (TPSA) is 69.6 Å². The molecule has 42 heavy (non-hydrogen) atoms. The van der Waals surface area contributed by atoms with E-state index in [1.54, 1.807) is 0 Å². The summed E-state index contributed by atoms with van der Waals surface area (Å²) < 4.78 is 0. The average Bonchev–Trinajstić information content (AvgIpc) is 2.99. The normalized spacial score (nSPS) is 14.1. The summed E-state index contributed by atoms with van der Waals surface area (Å²) in [5, 5.41) is 22.5. The molecule has 0 aliphatic rings. The van der Waals surface area contributed by atoms with E-state index < -0.39 is 12.1 Å². The Hall–Kier alpha value is -2.17. The van der Waals surface area contributed by atoms with Gasteiger partial charge in [-0.1, -0.05) is 145 Å². The third kappa shape index (κ3) is 29.3. The monoisotopic (exact) mass is 583 g/mol. The first-order valence-corrected chi connectivity index (χ1v) is 17.1. The Bertz CT molecular complexity index is 762. The number of hydrogen-bond donors (Lipinski definition) is 3. The number of rotatable bonds is 29. The molecule has 0 fully saturated rings. The van der Waals surface area contributed by atoms with Crippen LogP contribution in [0, 0.1) is 0 Å². The van der Waals surface area contributed by atoms with Crippen molar-refractivity contribution in [2.24, 2.45) is 0 Å². The molecule has 0 spiro atoms. The zero-order valence-corrected chi connectivity index (χ0v) is 27.2. The average molecular weight is 584 g/mol. The van der Waals surface area contributed by atoms with Gasteiger partial charge in [0.2, 0.25) is 5.91 Å². The summed E-state index contributed by atoms with van der Waals surface area (Å²) in [4.78, 5) is 12.1. The van der Waals surface area contributed by atoms with E-state index in [-0.39, 0.29) is 12.5 Å². The maximum absolute atomic E-state index is 12.1. The van der Waals surface area contributed by atoms with E-state index in [0.717, 1.165) is 70.6 Å². The lowest BCUT2D eigenvalue weighted by atomic mass is 10.0. The number of carbonyl (C=O) groups is 1. The van der Waals surface area contributed by atoms with Crippen molar-refractivity contribution in [3.8, 4) is 0 Å². The van der Waals surface area contributed by atoms with E-state index in [9.17, 15) is 15.0 Å². The van der Waals surface area contributed by atoms with E-state index in [4.69, 9.17) is 0 Å². The van der Waals surface area contributed by atoms with Gasteiger partial charge < -0.3 is 15.5 Å². The van der Waals surface area contributed by atoms with Crippen molar-refractivity contribution in [1.82, 2.24) is 5.32 Å². The molecule has 240 valence electrons. The van der Waals surface area contributed by atoms with Gasteiger partial charge in [0, 0.05) is 6.42 Å². The van der Waals surface area contributed by atoms with Crippen LogP contribution in [0.5, 0.6) is 0 Å². The molecule has 0 saturated carbocycles. The molecule has 4 nitrogen and oxygen atoms in total. The highest BCUT2D eigenvalue weighted by atomic mass is 16.3. The third-order valence-corrected chi connectivity index (χ3v) is 7.23. The second kappa shape index (κ2) is 33.3. The van der Waals surface area contributed by atoms with Crippen LogP contribution in [-0.4, -0.2) is 34.9 Å². The number of allylic oxidation sites excluding steroid dienone is 12. The minimum atomic E-state index is -0.662. The fourth-order valence-corrected chi connectivity index (χ4v) is 4.60. The van der Waals surface area contributed by atoms with Gasteiger partial charge in [0.1, 0.15) is 0 Å². The van der Waals surface area contributed by atoms with Crippen LogP contribution in [0.15, 0.2) is 72.9 Å². The molecule has 0 aromatic heterocycles. The van der Waals surface area contributed by atoms with E-state index in [1.807, 2.05) is 0 Å². The van der Waals surface area contributed by atoms with Gasteiger partial charge >= 0.3 is 0 Å². The fourth-order valence-electron chi connectivity index (χ4n) is 4.60. The van der Waals surface area contributed by atoms with Crippen molar-refractivity contribution in [3.63, 3.8) is 0 Å². The van der Waals surface area contributed by atoms with Crippen molar-refractivity contribution in [3.05, 3.63) is 72.9 Å². The number of aliphatic hydroxyl groups is 2. The highest BCUT2D eigenvalue weighted by molar-refractivity contribution is 5.76. The van der Waals surface area contributed by atoms with Crippen molar-refractivity contribution in [2.45, 2.75) is 154 Å². The maximum Gasteiger partial charge on any atom is 0.220 e. The molecule has 0 radical (unpaired) electrons. The Morgan fingerprint density at radius 1 is 0.595 bits per heavy atom. The lowest BCUT2D eigenvalue weighted by Crippen LogP contribution is -2.45. The standard InChI is InChI=1S/C38H65NO3/c1-3-5-7-8-9-10-11-12-13-14-15-16-17-18-19-20-21-22-23-24-25-26-27-28-29-30-32-34-38(42)39-36(35-40)37(41)33-31-6-4-2/h5,7,9-10,12-13,15-16,18-19,21-22,36-37,40-41H,3-4,6,8,11,14,17,20,23-35H2,1-2H3,(H,39,42)/b7-5-,10-9-,13-12-,16-15-,19-18-,22-21-. The molecule has 0 aliphatic heterocycles. The Morgan fingerprint density at radius 3 is 1.52 bits per heavy atom. The number of amides is 1. The van der Waals surface area contributed by atoms with Crippen molar-refractivity contribution >= 4 is 5.91 Å². The third-order valence-electron chi connectivity index (χ3n) is 7.23. The van der Waals surface area contributed by atoms with Gasteiger partial charge in [0.15, 0.2) is 0 Å². The molecule has 4 heteroatoms. The molecule has 0 saturated heterocycles. The number of nitrogens with one attached hydrogen (secondary N) is 1. The summed E-state index contributed by atoms with van der Waals surface area (Å²) in [7, 11) is 0. The molecule has 0 aromatic carbocycles. The predicted molar refractivity (Wildman–Crippen MR) is 184 cm³/mol. The number of carbonyl (C=O) groups excluding carboxylic acids is 1. The predicted octanol–water partition coefficient (Wildman–Crippen LogP) is 10.0. The highest BCUT2D eigenvalue weighted by Gasteiger charge is 2.19. The molecule has 1 amide bonds. The maximum atomic E-state index is 12.1. The Labute approximate surface area is 259 Å². The second-order valence-electron chi connectivity index (χ2n) is 11.2. The van der Waals surface area contributed by atoms with Crippen LogP contribution < -0.4 is 5.32 Å². The molecular weight excluding hydrogens is 518 g/mol. The SMILES string of the molecule is CC/C=C\C/C=C\C/C=C\C/C=C\C/C=C\C/C=C\CCCCCCCCCCC(=O)NC(CO)C(O)CCCCC. The molecule has 0 aliphatic carbocycles. The Kier molecular flexibility index (Phi) is 31.6. The van der Waals surface area contributed by atoms with Crippen LogP contribution in [0.4, 0.5) is 0 Å². The largest absolute Gasteiger partial charge is 0.394 e. The van der Waals surface area contributed by atoms with E-state index in [0.29, 0.717) is 12.8 Å². The van der Waals surface area contributed by atoms with Crippen molar-refractivity contribution in [1.29, 1.82) is 0 Å². The zero-order chi connectivity index (χ0) is 30.8. The van der Waals surface area contributed by atoms with Crippen molar-refractivity contribution in [2.75, 3.05) is 6.61 Å². The molecule has 0 heterocycles. The lowest BCUT2D eigenvalue weighted by Gasteiger charge is -2.22. The summed E-state index contributed by atoms with van der Waals surface area (Å²) in [5.74, 6) is -0.0574. The molecular formula is C38H65NO3. The van der Waals surface area contributed by atoms with Gasteiger partial charge in [-0.3, -0.25) is 4.79 Å². The number of hydrogen-bond acceptors (Lipinski definition) is 3. The van der Waals surface area contributed by atoms with Crippen molar-refractivity contribution < 1.29 is 15.0 Å². The van der Waals surface area contributed by atoms with Gasteiger partial charge in [-0.2, -0.15) is 0 Å². The number of aliphatic hydroxyl groups excluding tert-OH is 2. The van der Waals surface area contributed by atoms with E-state index in [2.05, 4.69) is 92.1 Å². The van der Waals surface area contributed by atoms with Gasteiger partial charge in [0.25, 0.3) is 0 Å². The van der Waals surface area contributed by atoms with Crippen LogP contribution in [0.25, 0.3) is 0 Å². The summed E-state index contributed by atoms with van der Waals surface area (Å²) >= 11 is 0. The molecule has 0 bridgehead atoms. The van der Waals surface area contributed by atoms with Gasteiger partial charge in [-0.15, -0.1) is 0 Å². The Morgan fingerprint density at radius 2 is 1.05 bits per heavy atom. The number of unbranched alkanes of at least 4 members (excludes halogenated alkanes) is 10. The van der Waals surface area contributed by atoms with E-state index in [1.165, 1.54) is 44.9 Å². The first-order chi connectivity index (χ1) is 20.7. The first kappa shape index (κ1) is 39.8. The van der Waals surface area contributed by atoms with Gasteiger partial charge in [-0.25, -0.2) is 0 Å². The summed E-state index contributed by atoms with van der Waals surface area (Å²) in [6.45, 7) is 4.07. The lowest BCUT2D eigenvalue weighted by molar-refractivity contribution is -0.123. The molecule has 0 rings (SSSR count). The van der Waals surface area contributed by atoms with Crippen LogP contribution in [0.3, 0.4) is 0 Å². The van der Waals surface area contributed by atoms with Gasteiger partial charge in [-0.05, 0) is 64.2 Å². The van der Waals surface area contributed by atoms with Crippen LogP contribution in [0.1, 0.15) is 142 Å². The minimum Gasteiger partial charge on any atom is -0.394 e. The van der Waals surface area contributed by atoms with E-state index >= 15 is 0 Å². The minimum absolute atomic E-state index is 0.0574. The van der Waals surface area contributed by atoms with Crippen LogP contribution >= 0.6 is 0 Å². The molecule has 0 aromatic rings. The quantitative estimate of drug-likeness (QED) is 0.0606. The zero-order valence-electron chi connectivity index (χ0n) is 27.2. The summed E-state index contributed by atoms with van der Waals surface area (Å²) in [6.07, 6.45) is 47.3. The summed E-state index contributed by atoms with van der Waals surface area (Å²) in [5.41, 5.74) is 0. The second-order valence-corrected chi connectivity index (χ2v) is 11.2. The van der Waals surface area contributed by atoms with Crippen LogP contribution in [-0.2, 0) is 4.79 Å². The summed E-state index contributed by atoms with van der Waals surface area (Å²) in [6, 6.07) is -0.540. The Balaban J connectivity index is 3.55. The fraction of sp³-hybridized carbons (Fsp3) is 0.658. The molecule has 3 N–H and O–H groups in total.